The van der Waals surface area contributed by atoms with Crippen LogP contribution in [0.1, 0.15) is 35.6 Å². The number of benzene rings is 1. The van der Waals surface area contributed by atoms with Crippen LogP contribution in [0.2, 0.25) is 0 Å². The van der Waals surface area contributed by atoms with E-state index in [1.54, 1.807) is 6.07 Å². The summed E-state index contributed by atoms with van der Waals surface area (Å²) in [5.74, 6) is 0.146. The van der Waals surface area contributed by atoms with Crippen molar-refractivity contribution in [1.82, 2.24) is 9.97 Å². The van der Waals surface area contributed by atoms with Gasteiger partial charge in [-0.05, 0) is 31.5 Å². The zero-order valence-electron chi connectivity index (χ0n) is 10.7. The number of aromatic nitrogens is 2. The molecule has 0 saturated carbocycles. The Morgan fingerprint density at radius 2 is 1.78 bits per heavy atom. The number of halogens is 1. The summed E-state index contributed by atoms with van der Waals surface area (Å²) < 4.78 is 13.4. The Kier molecular flexibility index (Phi) is 3.28. The SMILES string of the molecule is Cc1cc(C)nc(C(C)c2cccc(F)c2N)n1. The molecule has 1 aromatic heterocycles. The first-order chi connectivity index (χ1) is 8.49. The van der Waals surface area contributed by atoms with E-state index in [4.69, 9.17) is 5.73 Å². The Labute approximate surface area is 106 Å². The van der Waals surface area contributed by atoms with Gasteiger partial charge in [-0.25, -0.2) is 14.4 Å². The van der Waals surface area contributed by atoms with E-state index in [9.17, 15) is 4.39 Å². The lowest BCUT2D eigenvalue weighted by Crippen LogP contribution is -2.08. The number of nitrogen functional groups attached to an aromatic ring is 1. The minimum absolute atomic E-state index is 0.126. The average molecular weight is 245 g/mol. The van der Waals surface area contributed by atoms with Crippen molar-refractivity contribution in [2.24, 2.45) is 0 Å². The predicted octanol–water partition coefficient (Wildman–Crippen LogP) is 2.97. The molecule has 94 valence electrons. The quantitative estimate of drug-likeness (QED) is 0.827. The molecule has 0 fully saturated rings. The molecule has 0 aliphatic rings. The number of anilines is 1. The van der Waals surface area contributed by atoms with Gasteiger partial charge in [0.2, 0.25) is 0 Å². The highest BCUT2D eigenvalue weighted by molar-refractivity contribution is 5.51. The van der Waals surface area contributed by atoms with Gasteiger partial charge in [-0.2, -0.15) is 0 Å². The van der Waals surface area contributed by atoms with Gasteiger partial charge in [0.25, 0.3) is 0 Å². The molecule has 0 aliphatic carbocycles. The van der Waals surface area contributed by atoms with Gasteiger partial charge in [0.15, 0.2) is 0 Å². The van der Waals surface area contributed by atoms with Crippen molar-refractivity contribution in [1.29, 1.82) is 0 Å². The number of aryl methyl sites for hydroxylation is 2. The number of nitrogens with two attached hydrogens (primary N) is 1. The number of hydrogen-bond donors (Lipinski definition) is 1. The summed E-state index contributed by atoms with van der Waals surface area (Å²) in [7, 11) is 0. The van der Waals surface area contributed by atoms with Crippen molar-refractivity contribution in [2.75, 3.05) is 5.73 Å². The third kappa shape index (κ3) is 2.32. The highest BCUT2D eigenvalue weighted by Gasteiger charge is 2.16. The van der Waals surface area contributed by atoms with Crippen LogP contribution in [0.25, 0.3) is 0 Å². The third-order valence-electron chi connectivity index (χ3n) is 2.94. The molecular formula is C14H16FN3. The molecule has 2 N–H and O–H groups in total. The minimum Gasteiger partial charge on any atom is -0.396 e. The summed E-state index contributed by atoms with van der Waals surface area (Å²) in [5, 5.41) is 0. The lowest BCUT2D eigenvalue weighted by molar-refractivity contribution is 0.628. The second-order valence-corrected chi connectivity index (χ2v) is 4.47. The normalized spacial score (nSPS) is 12.4. The monoisotopic (exact) mass is 245 g/mol. The zero-order valence-corrected chi connectivity index (χ0v) is 10.7. The highest BCUT2D eigenvalue weighted by Crippen LogP contribution is 2.28. The molecule has 0 bridgehead atoms. The number of para-hydroxylation sites is 1. The van der Waals surface area contributed by atoms with Gasteiger partial charge < -0.3 is 5.73 Å². The van der Waals surface area contributed by atoms with Crippen LogP contribution in [0, 0.1) is 19.7 Å². The zero-order chi connectivity index (χ0) is 13.3. The summed E-state index contributed by atoms with van der Waals surface area (Å²) >= 11 is 0. The standard InChI is InChI=1S/C14H16FN3/c1-8-7-9(2)18-14(17-8)10(3)11-5-4-6-12(15)13(11)16/h4-7,10H,16H2,1-3H3. The molecule has 0 aliphatic heterocycles. The first-order valence-corrected chi connectivity index (χ1v) is 5.85. The molecule has 0 spiro atoms. The van der Waals surface area contributed by atoms with E-state index in [-0.39, 0.29) is 11.6 Å². The predicted molar refractivity (Wildman–Crippen MR) is 69.8 cm³/mol. The maximum absolute atomic E-state index is 13.4. The van der Waals surface area contributed by atoms with Crippen LogP contribution in [0.4, 0.5) is 10.1 Å². The topological polar surface area (TPSA) is 51.8 Å². The first-order valence-electron chi connectivity index (χ1n) is 5.85. The molecule has 1 heterocycles. The van der Waals surface area contributed by atoms with Crippen molar-refractivity contribution in [3.63, 3.8) is 0 Å². The Morgan fingerprint density at radius 3 is 2.39 bits per heavy atom. The van der Waals surface area contributed by atoms with Crippen molar-refractivity contribution >= 4 is 5.69 Å². The largest absolute Gasteiger partial charge is 0.396 e. The van der Waals surface area contributed by atoms with Gasteiger partial charge in [-0.3, -0.25) is 0 Å². The minimum atomic E-state index is -0.399. The van der Waals surface area contributed by atoms with E-state index in [2.05, 4.69) is 9.97 Å². The molecule has 2 rings (SSSR count). The Balaban J connectivity index is 2.47. The third-order valence-corrected chi connectivity index (χ3v) is 2.94. The number of hydrogen-bond acceptors (Lipinski definition) is 3. The number of nitrogens with zero attached hydrogens (tertiary/aromatic N) is 2. The van der Waals surface area contributed by atoms with Crippen molar-refractivity contribution in [2.45, 2.75) is 26.7 Å². The molecule has 0 saturated heterocycles. The molecule has 18 heavy (non-hydrogen) atoms. The summed E-state index contributed by atoms with van der Waals surface area (Å²) in [6.07, 6.45) is 0. The number of rotatable bonds is 2. The van der Waals surface area contributed by atoms with Crippen LogP contribution in [0.3, 0.4) is 0 Å². The molecule has 4 heteroatoms. The molecule has 2 aromatic rings. The van der Waals surface area contributed by atoms with E-state index < -0.39 is 5.82 Å². The van der Waals surface area contributed by atoms with E-state index in [1.165, 1.54) is 6.07 Å². The van der Waals surface area contributed by atoms with Crippen molar-refractivity contribution in [3.8, 4) is 0 Å². The van der Waals surface area contributed by atoms with E-state index >= 15 is 0 Å². The summed E-state index contributed by atoms with van der Waals surface area (Å²) in [6, 6.07) is 6.73. The maximum atomic E-state index is 13.4. The van der Waals surface area contributed by atoms with E-state index in [1.807, 2.05) is 32.9 Å². The second kappa shape index (κ2) is 4.72. The fourth-order valence-electron chi connectivity index (χ4n) is 2.02. The van der Waals surface area contributed by atoms with Gasteiger partial charge in [0, 0.05) is 17.3 Å². The highest BCUT2D eigenvalue weighted by atomic mass is 19.1. The molecule has 1 aromatic carbocycles. The van der Waals surface area contributed by atoms with Crippen molar-refractivity contribution < 1.29 is 4.39 Å². The Bertz CT molecular complexity index is 561. The van der Waals surface area contributed by atoms with Gasteiger partial charge in [0.1, 0.15) is 11.6 Å². The molecule has 0 amide bonds. The molecular weight excluding hydrogens is 229 g/mol. The van der Waals surface area contributed by atoms with Crippen LogP contribution in [0.5, 0.6) is 0 Å². The van der Waals surface area contributed by atoms with Crippen LogP contribution in [0.15, 0.2) is 24.3 Å². The van der Waals surface area contributed by atoms with Crippen LogP contribution in [-0.4, -0.2) is 9.97 Å². The lowest BCUT2D eigenvalue weighted by atomic mass is 9.98. The summed E-state index contributed by atoms with van der Waals surface area (Å²) in [5.41, 5.74) is 8.47. The van der Waals surface area contributed by atoms with Gasteiger partial charge >= 0.3 is 0 Å². The smallest absolute Gasteiger partial charge is 0.146 e. The lowest BCUT2D eigenvalue weighted by Gasteiger charge is -2.14. The summed E-state index contributed by atoms with van der Waals surface area (Å²) in [6.45, 7) is 5.76. The molecule has 1 atom stereocenters. The van der Waals surface area contributed by atoms with Gasteiger partial charge in [-0.15, -0.1) is 0 Å². The first kappa shape index (κ1) is 12.5. The Hall–Kier alpha value is -1.97. The van der Waals surface area contributed by atoms with Crippen LogP contribution < -0.4 is 5.73 Å². The van der Waals surface area contributed by atoms with E-state index in [0.29, 0.717) is 5.82 Å². The summed E-state index contributed by atoms with van der Waals surface area (Å²) in [4.78, 5) is 8.78. The fraction of sp³-hybridized carbons (Fsp3) is 0.286. The molecule has 3 nitrogen and oxygen atoms in total. The van der Waals surface area contributed by atoms with Crippen LogP contribution >= 0.6 is 0 Å². The average Bonchev–Trinajstić information content (AvgIpc) is 2.30. The molecule has 0 radical (unpaired) electrons. The Morgan fingerprint density at radius 1 is 1.17 bits per heavy atom. The van der Waals surface area contributed by atoms with Crippen molar-refractivity contribution in [3.05, 3.63) is 52.9 Å². The van der Waals surface area contributed by atoms with Gasteiger partial charge in [-0.1, -0.05) is 19.1 Å². The fourth-order valence-corrected chi connectivity index (χ4v) is 2.02. The van der Waals surface area contributed by atoms with E-state index in [0.717, 1.165) is 17.0 Å². The van der Waals surface area contributed by atoms with Crippen LogP contribution in [-0.2, 0) is 0 Å². The second-order valence-electron chi connectivity index (χ2n) is 4.47. The molecule has 1 unspecified atom stereocenters. The van der Waals surface area contributed by atoms with Gasteiger partial charge in [0.05, 0.1) is 5.69 Å². The maximum Gasteiger partial charge on any atom is 0.146 e.